The van der Waals surface area contributed by atoms with Gasteiger partial charge in [0.25, 0.3) is 0 Å². The number of thiophene rings is 1. The lowest BCUT2D eigenvalue weighted by Crippen LogP contribution is -2.44. The number of benzene rings is 2. The van der Waals surface area contributed by atoms with Gasteiger partial charge in [0.15, 0.2) is 5.78 Å². The Kier molecular flexibility index (Phi) is 4.16. The Bertz CT molecular complexity index is 1280. The number of carbonyl (C=O) groups is 3. The number of rotatable bonds is 3. The van der Waals surface area contributed by atoms with Gasteiger partial charge in [0, 0.05) is 6.20 Å². The topological polar surface area (TPSA) is 57.7 Å². The van der Waals surface area contributed by atoms with Gasteiger partial charge in [-0.1, -0.05) is 30.3 Å². The lowest BCUT2D eigenvalue weighted by atomic mass is 9.84. The molecular weight excluding hydrogens is 427 g/mol. The number of carbonyl (C=O) groups excluding carboxylic acids is 3. The molecule has 0 bridgehead atoms. The fourth-order valence-electron chi connectivity index (χ4n) is 5.27. The first-order valence-corrected chi connectivity index (χ1v) is 11.2. The highest BCUT2D eigenvalue weighted by atomic mass is 32.1. The molecule has 2 amide bonds. The van der Waals surface area contributed by atoms with Crippen LogP contribution in [0.2, 0.25) is 0 Å². The monoisotopic (exact) mass is 444 g/mol. The van der Waals surface area contributed by atoms with Crippen LogP contribution in [0, 0.1) is 17.7 Å². The number of imide groups is 1. The fraction of sp³-hybridized carbons (Fsp3) is 0.160. The molecule has 6 rings (SSSR count). The zero-order chi connectivity index (χ0) is 22.0. The molecule has 32 heavy (non-hydrogen) atoms. The van der Waals surface area contributed by atoms with Crippen LogP contribution in [-0.2, 0) is 9.59 Å². The van der Waals surface area contributed by atoms with Gasteiger partial charge in [-0.3, -0.25) is 14.4 Å². The first kappa shape index (κ1) is 19.1. The van der Waals surface area contributed by atoms with Crippen molar-refractivity contribution in [1.29, 1.82) is 0 Å². The predicted molar refractivity (Wildman–Crippen MR) is 118 cm³/mol. The maximum absolute atomic E-state index is 13.7. The summed E-state index contributed by atoms with van der Waals surface area (Å²) in [6.45, 7) is 0. The van der Waals surface area contributed by atoms with E-state index in [4.69, 9.17) is 0 Å². The molecule has 2 aromatic carbocycles. The number of halogens is 1. The molecular formula is C25H17FN2O3S. The van der Waals surface area contributed by atoms with Crippen molar-refractivity contribution in [2.45, 2.75) is 12.1 Å². The number of fused-ring (bicyclic) bond motifs is 5. The highest BCUT2D eigenvalue weighted by molar-refractivity contribution is 7.12. The summed E-state index contributed by atoms with van der Waals surface area (Å²) in [5.74, 6) is -2.90. The summed E-state index contributed by atoms with van der Waals surface area (Å²) in [6.07, 6.45) is 3.76. The van der Waals surface area contributed by atoms with E-state index >= 15 is 0 Å². The van der Waals surface area contributed by atoms with Crippen molar-refractivity contribution >= 4 is 40.7 Å². The van der Waals surface area contributed by atoms with E-state index in [1.165, 1.54) is 35.6 Å². The summed E-state index contributed by atoms with van der Waals surface area (Å²) in [4.78, 5) is 44.4. The third-order valence-corrected chi connectivity index (χ3v) is 7.46. The van der Waals surface area contributed by atoms with Gasteiger partial charge in [-0.05, 0) is 52.9 Å². The number of anilines is 1. The van der Waals surface area contributed by atoms with E-state index in [1.54, 1.807) is 12.1 Å². The third-order valence-electron chi connectivity index (χ3n) is 6.58. The first-order valence-electron chi connectivity index (χ1n) is 10.3. The summed E-state index contributed by atoms with van der Waals surface area (Å²) in [6, 6.07) is 15.4. The van der Waals surface area contributed by atoms with Gasteiger partial charge in [-0.25, -0.2) is 9.29 Å². The Morgan fingerprint density at radius 1 is 0.906 bits per heavy atom. The second-order valence-corrected chi connectivity index (χ2v) is 9.11. The predicted octanol–water partition coefficient (Wildman–Crippen LogP) is 4.29. The molecule has 3 aromatic rings. The molecule has 1 aromatic heterocycles. The van der Waals surface area contributed by atoms with Gasteiger partial charge in [0.2, 0.25) is 11.8 Å². The Morgan fingerprint density at radius 3 is 2.41 bits per heavy atom. The third kappa shape index (κ3) is 2.58. The van der Waals surface area contributed by atoms with Crippen LogP contribution >= 0.6 is 11.3 Å². The van der Waals surface area contributed by atoms with Crippen molar-refractivity contribution in [2.75, 3.05) is 4.90 Å². The zero-order valence-electron chi connectivity index (χ0n) is 16.7. The van der Waals surface area contributed by atoms with Crippen LogP contribution in [0.4, 0.5) is 10.1 Å². The molecule has 7 heteroatoms. The fourth-order valence-corrected chi connectivity index (χ4v) is 5.96. The van der Waals surface area contributed by atoms with E-state index in [0.29, 0.717) is 10.6 Å². The number of nitrogens with zero attached hydrogens (tertiary/aromatic N) is 2. The lowest BCUT2D eigenvalue weighted by molar-refractivity contribution is -0.123. The highest BCUT2D eigenvalue weighted by Gasteiger charge is 2.64. The molecule has 4 heterocycles. The van der Waals surface area contributed by atoms with Crippen molar-refractivity contribution in [3.05, 3.63) is 94.1 Å². The number of Topliss-reactive ketones (excluding diaryl/α,β-unsaturated/α-hetero) is 1. The summed E-state index contributed by atoms with van der Waals surface area (Å²) in [5.41, 5.74) is 2.22. The molecule has 0 radical (unpaired) electrons. The van der Waals surface area contributed by atoms with Crippen molar-refractivity contribution in [3.8, 4) is 0 Å². The summed E-state index contributed by atoms with van der Waals surface area (Å²) in [7, 11) is 0. The molecule has 0 N–H and O–H groups in total. The van der Waals surface area contributed by atoms with Crippen LogP contribution in [0.3, 0.4) is 0 Å². The standard InChI is InChI=1S/C25H17FN2O3S/c26-15-7-9-16(10-8-15)28-24(30)19-20(25(28)31)22(23(29)18-6-3-13-32-18)27-12-11-14-4-1-2-5-17(14)21(19)27/h1-13,19-22H/t19-,20+,21-,22+/m0/s1. The summed E-state index contributed by atoms with van der Waals surface area (Å²) >= 11 is 1.33. The molecule has 0 saturated carbocycles. The van der Waals surface area contributed by atoms with Gasteiger partial charge < -0.3 is 4.90 Å². The van der Waals surface area contributed by atoms with E-state index < -0.39 is 35.6 Å². The maximum atomic E-state index is 13.7. The molecule has 158 valence electrons. The van der Waals surface area contributed by atoms with E-state index in [1.807, 2.05) is 46.8 Å². The first-order chi connectivity index (χ1) is 15.6. The second-order valence-electron chi connectivity index (χ2n) is 8.16. The van der Waals surface area contributed by atoms with Crippen LogP contribution in [0.25, 0.3) is 6.08 Å². The lowest BCUT2D eigenvalue weighted by Gasteiger charge is -2.35. The molecule has 0 spiro atoms. The number of amides is 2. The minimum Gasteiger partial charge on any atom is -0.358 e. The maximum Gasteiger partial charge on any atom is 0.240 e. The van der Waals surface area contributed by atoms with Gasteiger partial charge in [-0.15, -0.1) is 11.3 Å². The largest absolute Gasteiger partial charge is 0.358 e. The van der Waals surface area contributed by atoms with Gasteiger partial charge in [0.05, 0.1) is 28.4 Å². The Balaban J connectivity index is 1.50. The van der Waals surface area contributed by atoms with Crippen molar-refractivity contribution in [3.63, 3.8) is 0 Å². The van der Waals surface area contributed by atoms with Crippen LogP contribution in [0.15, 0.2) is 72.2 Å². The van der Waals surface area contributed by atoms with Crippen molar-refractivity contribution < 1.29 is 18.8 Å². The minimum atomic E-state index is -0.817. The number of hydrogen-bond acceptors (Lipinski definition) is 5. The average Bonchev–Trinajstić information content (AvgIpc) is 3.51. The molecule has 0 aliphatic carbocycles. The van der Waals surface area contributed by atoms with Crippen LogP contribution < -0.4 is 4.90 Å². The SMILES string of the molecule is O=C(c1cccs1)[C@H]1[C@@H]2C(=O)N(c3ccc(F)cc3)C(=O)[C@@H]2[C@@H]2c3ccccc3C=CN12. The van der Waals surface area contributed by atoms with Crippen molar-refractivity contribution in [1.82, 2.24) is 4.90 Å². The van der Waals surface area contributed by atoms with Gasteiger partial charge in [0.1, 0.15) is 11.9 Å². The minimum absolute atomic E-state index is 0.163. The Labute approximate surface area is 187 Å². The molecule has 2 fully saturated rings. The smallest absolute Gasteiger partial charge is 0.240 e. The second kappa shape index (κ2) is 6.97. The quantitative estimate of drug-likeness (QED) is 0.447. The van der Waals surface area contributed by atoms with E-state index in [0.717, 1.165) is 16.0 Å². The average molecular weight is 444 g/mol. The molecule has 0 unspecified atom stereocenters. The van der Waals surface area contributed by atoms with E-state index in [2.05, 4.69) is 0 Å². The van der Waals surface area contributed by atoms with Gasteiger partial charge in [-0.2, -0.15) is 0 Å². The summed E-state index contributed by atoms with van der Waals surface area (Å²) in [5, 5.41) is 1.82. The number of ketones is 1. The van der Waals surface area contributed by atoms with Crippen LogP contribution in [0.5, 0.6) is 0 Å². The zero-order valence-corrected chi connectivity index (χ0v) is 17.5. The van der Waals surface area contributed by atoms with Crippen LogP contribution in [-0.4, -0.2) is 28.5 Å². The molecule has 3 aliphatic heterocycles. The number of hydrogen-bond donors (Lipinski definition) is 0. The molecule has 5 nitrogen and oxygen atoms in total. The van der Waals surface area contributed by atoms with Crippen molar-refractivity contribution in [2.24, 2.45) is 11.8 Å². The summed E-state index contributed by atoms with van der Waals surface area (Å²) < 4.78 is 13.5. The van der Waals surface area contributed by atoms with Gasteiger partial charge >= 0.3 is 0 Å². The van der Waals surface area contributed by atoms with E-state index in [-0.39, 0.29) is 11.7 Å². The normalized spacial score (nSPS) is 25.7. The van der Waals surface area contributed by atoms with E-state index in [9.17, 15) is 18.8 Å². The van der Waals surface area contributed by atoms with Crippen LogP contribution in [0.1, 0.15) is 26.8 Å². The Hall–Kier alpha value is -3.58. The molecule has 4 atom stereocenters. The highest BCUT2D eigenvalue weighted by Crippen LogP contribution is 2.53. The Morgan fingerprint density at radius 2 is 1.66 bits per heavy atom. The molecule has 3 aliphatic rings. The molecule has 2 saturated heterocycles.